The Morgan fingerprint density at radius 2 is 1.95 bits per heavy atom. The van der Waals surface area contributed by atoms with Gasteiger partial charge in [-0.3, -0.25) is 5.41 Å². The Labute approximate surface area is 119 Å². The van der Waals surface area contributed by atoms with E-state index in [9.17, 15) is 4.39 Å². The van der Waals surface area contributed by atoms with Crippen molar-refractivity contribution in [3.05, 3.63) is 58.3 Å². The van der Waals surface area contributed by atoms with E-state index in [1.165, 1.54) is 6.07 Å². The lowest BCUT2D eigenvalue weighted by atomic mass is 10.1. The normalized spacial score (nSPS) is 10.3. The van der Waals surface area contributed by atoms with Gasteiger partial charge in [0.05, 0.1) is 5.69 Å². The molecule has 0 fully saturated rings. The van der Waals surface area contributed by atoms with Crippen LogP contribution in [-0.2, 0) is 0 Å². The van der Waals surface area contributed by atoms with Crippen LogP contribution >= 0.6 is 15.9 Å². The zero-order chi connectivity index (χ0) is 14.0. The van der Waals surface area contributed by atoms with E-state index in [0.717, 1.165) is 5.69 Å². The highest BCUT2D eigenvalue weighted by molar-refractivity contribution is 9.10. The Morgan fingerprint density at radius 3 is 2.53 bits per heavy atom. The number of nitrogens with two attached hydrogens (primary N) is 1. The van der Waals surface area contributed by atoms with Crippen molar-refractivity contribution in [3.8, 4) is 0 Å². The molecule has 0 aliphatic heterocycles. The summed E-state index contributed by atoms with van der Waals surface area (Å²) in [4.78, 5) is 1.74. The quantitative estimate of drug-likeness (QED) is 0.669. The number of rotatable bonds is 3. The molecule has 0 aliphatic carbocycles. The third kappa shape index (κ3) is 2.76. The fraction of sp³-hybridized carbons (Fsp3) is 0.0714. The zero-order valence-corrected chi connectivity index (χ0v) is 11.9. The maximum atomic E-state index is 13.7. The summed E-state index contributed by atoms with van der Waals surface area (Å²) in [5.74, 6) is -0.288. The molecule has 0 radical (unpaired) electrons. The number of hydrogen-bond acceptors (Lipinski definition) is 2. The fourth-order valence-electron chi connectivity index (χ4n) is 1.79. The maximum Gasteiger partial charge on any atom is 0.146 e. The van der Waals surface area contributed by atoms with Crippen molar-refractivity contribution < 1.29 is 4.39 Å². The first kappa shape index (κ1) is 13.5. The first-order valence-corrected chi connectivity index (χ1v) is 6.42. The molecule has 2 aromatic carbocycles. The van der Waals surface area contributed by atoms with Crippen LogP contribution in [0.2, 0.25) is 0 Å². The molecule has 0 saturated carbocycles. The van der Waals surface area contributed by atoms with Gasteiger partial charge < -0.3 is 10.6 Å². The van der Waals surface area contributed by atoms with E-state index in [2.05, 4.69) is 15.9 Å². The monoisotopic (exact) mass is 321 g/mol. The van der Waals surface area contributed by atoms with Crippen LogP contribution in [0.25, 0.3) is 0 Å². The molecule has 0 saturated heterocycles. The number of nitrogens with one attached hydrogen (secondary N) is 1. The number of nitrogen functional groups attached to an aromatic ring is 1. The van der Waals surface area contributed by atoms with Gasteiger partial charge in [0.15, 0.2) is 0 Å². The summed E-state index contributed by atoms with van der Waals surface area (Å²) < 4.78 is 14.4. The Hall–Kier alpha value is -1.88. The number of amidine groups is 1. The first-order valence-electron chi connectivity index (χ1n) is 5.63. The molecule has 0 heterocycles. The van der Waals surface area contributed by atoms with Crippen molar-refractivity contribution in [2.45, 2.75) is 0 Å². The molecule has 0 amide bonds. The molecule has 2 aromatic rings. The molecule has 0 bridgehead atoms. The van der Waals surface area contributed by atoms with Gasteiger partial charge in [-0.1, -0.05) is 12.1 Å². The highest BCUT2D eigenvalue weighted by atomic mass is 79.9. The third-order valence-electron chi connectivity index (χ3n) is 2.84. The SMILES string of the molecule is CN(c1ccc(C(=N)N)c(Br)c1)c1ccccc1F. The van der Waals surface area contributed by atoms with Gasteiger partial charge in [-0.15, -0.1) is 0 Å². The topological polar surface area (TPSA) is 53.1 Å². The van der Waals surface area contributed by atoms with Gasteiger partial charge in [0.1, 0.15) is 11.7 Å². The van der Waals surface area contributed by atoms with Gasteiger partial charge in [-0.05, 0) is 46.3 Å². The summed E-state index contributed by atoms with van der Waals surface area (Å²) in [5, 5.41) is 7.43. The Balaban J connectivity index is 2.40. The largest absolute Gasteiger partial charge is 0.384 e. The van der Waals surface area contributed by atoms with Gasteiger partial charge in [0, 0.05) is 22.8 Å². The average molecular weight is 322 g/mol. The number of hydrogen-bond donors (Lipinski definition) is 2. The average Bonchev–Trinajstić information content (AvgIpc) is 2.38. The standard InChI is InChI=1S/C14H13BrFN3/c1-19(13-5-3-2-4-12(13)16)9-6-7-10(14(17)18)11(15)8-9/h2-8H,1H3,(H3,17,18). The predicted octanol–water partition coefficient (Wildman–Crippen LogP) is 3.64. The summed E-state index contributed by atoms with van der Waals surface area (Å²) in [5.41, 5.74) is 7.37. The molecular formula is C14H13BrFN3. The van der Waals surface area contributed by atoms with Gasteiger partial charge in [-0.25, -0.2) is 4.39 Å². The van der Waals surface area contributed by atoms with Crippen molar-refractivity contribution in [2.75, 3.05) is 11.9 Å². The summed E-state index contributed by atoms with van der Waals surface area (Å²) in [6.07, 6.45) is 0. The Morgan fingerprint density at radius 1 is 1.26 bits per heavy atom. The van der Waals surface area contributed by atoms with E-state index in [-0.39, 0.29) is 11.7 Å². The molecule has 98 valence electrons. The highest BCUT2D eigenvalue weighted by Crippen LogP contribution is 2.29. The molecule has 0 aromatic heterocycles. The van der Waals surface area contributed by atoms with Crippen LogP contribution in [0, 0.1) is 11.2 Å². The fourth-order valence-corrected chi connectivity index (χ4v) is 2.37. The van der Waals surface area contributed by atoms with Gasteiger partial charge in [-0.2, -0.15) is 0 Å². The highest BCUT2D eigenvalue weighted by Gasteiger charge is 2.11. The molecule has 0 atom stereocenters. The van der Waals surface area contributed by atoms with Crippen molar-refractivity contribution in [3.63, 3.8) is 0 Å². The zero-order valence-electron chi connectivity index (χ0n) is 10.3. The second kappa shape index (κ2) is 5.40. The number of para-hydroxylation sites is 1. The summed E-state index contributed by atoms with van der Waals surface area (Å²) in [7, 11) is 1.79. The lowest BCUT2D eigenvalue weighted by Crippen LogP contribution is -2.14. The summed E-state index contributed by atoms with van der Waals surface area (Å²) >= 11 is 3.37. The molecule has 3 N–H and O–H groups in total. The van der Waals surface area contributed by atoms with Crippen LogP contribution in [0.15, 0.2) is 46.9 Å². The van der Waals surface area contributed by atoms with E-state index < -0.39 is 0 Å². The molecule has 0 spiro atoms. The molecule has 19 heavy (non-hydrogen) atoms. The van der Waals surface area contributed by atoms with Crippen LogP contribution < -0.4 is 10.6 Å². The van der Waals surface area contributed by atoms with Crippen LogP contribution in [0.1, 0.15) is 5.56 Å². The third-order valence-corrected chi connectivity index (χ3v) is 3.50. The van der Waals surface area contributed by atoms with Crippen LogP contribution in [0.4, 0.5) is 15.8 Å². The molecular weight excluding hydrogens is 309 g/mol. The number of nitrogens with zero attached hydrogens (tertiary/aromatic N) is 1. The minimum atomic E-state index is -0.281. The minimum Gasteiger partial charge on any atom is -0.384 e. The lowest BCUT2D eigenvalue weighted by molar-refractivity contribution is 0.627. The molecule has 0 aliphatic rings. The lowest BCUT2D eigenvalue weighted by Gasteiger charge is -2.20. The Bertz CT molecular complexity index is 628. The second-order valence-electron chi connectivity index (χ2n) is 4.09. The first-order chi connectivity index (χ1) is 9.00. The van der Waals surface area contributed by atoms with Crippen molar-refractivity contribution in [2.24, 2.45) is 5.73 Å². The van der Waals surface area contributed by atoms with Crippen LogP contribution in [0.5, 0.6) is 0 Å². The molecule has 0 unspecified atom stereocenters. The van der Waals surface area contributed by atoms with Crippen LogP contribution in [-0.4, -0.2) is 12.9 Å². The number of halogens is 2. The van der Waals surface area contributed by atoms with E-state index in [1.54, 1.807) is 42.3 Å². The van der Waals surface area contributed by atoms with Gasteiger partial charge >= 0.3 is 0 Å². The Kier molecular flexibility index (Phi) is 3.85. The number of benzene rings is 2. The predicted molar refractivity (Wildman–Crippen MR) is 79.6 cm³/mol. The molecule has 2 rings (SSSR count). The van der Waals surface area contributed by atoms with E-state index >= 15 is 0 Å². The molecule has 3 nitrogen and oxygen atoms in total. The van der Waals surface area contributed by atoms with E-state index in [1.807, 2.05) is 6.07 Å². The smallest absolute Gasteiger partial charge is 0.146 e. The summed E-state index contributed by atoms with van der Waals surface area (Å²) in [6.45, 7) is 0. The maximum absolute atomic E-state index is 13.7. The van der Waals surface area contributed by atoms with E-state index in [4.69, 9.17) is 11.1 Å². The van der Waals surface area contributed by atoms with Crippen molar-refractivity contribution in [1.82, 2.24) is 0 Å². The van der Waals surface area contributed by atoms with Gasteiger partial charge in [0.25, 0.3) is 0 Å². The van der Waals surface area contributed by atoms with Crippen molar-refractivity contribution in [1.29, 1.82) is 5.41 Å². The number of anilines is 2. The van der Waals surface area contributed by atoms with Crippen LogP contribution in [0.3, 0.4) is 0 Å². The second-order valence-corrected chi connectivity index (χ2v) is 4.94. The molecule has 5 heteroatoms. The summed E-state index contributed by atoms with van der Waals surface area (Å²) in [6, 6.07) is 11.9. The van der Waals surface area contributed by atoms with Crippen molar-refractivity contribution >= 4 is 33.1 Å². The minimum absolute atomic E-state index is 0.00744. The van der Waals surface area contributed by atoms with Gasteiger partial charge in [0.2, 0.25) is 0 Å². The van der Waals surface area contributed by atoms with E-state index in [0.29, 0.717) is 15.7 Å².